The van der Waals surface area contributed by atoms with Gasteiger partial charge in [0.15, 0.2) is 0 Å². The maximum Gasteiger partial charge on any atom is 0.324 e. The van der Waals surface area contributed by atoms with Crippen molar-refractivity contribution >= 4 is 51.7 Å². The van der Waals surface area contributed by atoms with Crippen LogP contribution >= 0.6 is 0 Å². The van der Waals surface area contributed by atoms with Gasteiger partial charge in [-0.1, -0.05) is 38.8 Å². The Morgan fingerprint density at radius 2 is 0.838 bits per heavy atom. The topological polar surface area (TPSA) is 307 Å². The minimum atomic E-state index is -0.448. The van der Waals surface area contributed by atoms with Crippen molar-refractivity contribution in [2.24, 2.45) is 0 Å². The van der Waals surface area contributed by atoms with Gasteiger partial charge >= 0.3 is 12.1 Å². The number of urea groups is 2. The number of aryl methyl sites for hydroxylation is 2. The van der Waals surface area contributed by atoms with Crippen molar-refractivity contribution in [2.75, 3.05) is 114 Å². The van der Waals surface area contributed by atoms with E-state index in [0.717, 1.165) is 217 Å². The van der Waals surface area contributed by atoms with E-state index in [9.17, 15) is 43.2 Å². The Hall–Kier alpha value is -10.4. The number of hydrogen-bond acceptors (Lipinski definition) is 21. The molecule has 0 aliphatic carbocycles. The van der Waals surface area contributed by atoms with Gasteiger partial charge in [-0.3, -0.25) is 49.4 Å². The Kier molecular flexibility index (Phi) is 30.9. The molecule has 6 fully saturated rings. The van der Waals surface area contributed by atoms with Crippen LogP contribution in [0.1, 0.15) is 126 Å². The molecule has 14 rings (SSSR count). The standard InChI is InChI=1S/C44H57N7O7.C22H33N5O4.C22H24N2O4/c1-4-5-16-50-30-38(35-8-15-45-28-37(35)43(50)54)36-27-39(56-2)31(26-40(36)57-3)9-18-47-19-10-33(11-20-47)58-34-12-21-48(22-13-34)24-25-49-17-6-7-32(42(49)53)29-51-23-14-41(52)46-44(51)55;28-20-7-13-27(22(30)24-20)16-17-2-1-10-26(21(17)29)15-14-25-11-5-19(6-12-25)31-18-3-8-23-9-4-18;1-4-5-9-24-14-19(16-6-8-23-13-18(16)22(24)26)17-12-20(27-2)15(7-10-25)11-21(17)28-3/h6-8,15,17,26-28,30,33-34H,4-5,9-14,16,18-25,29H2,1-3H3,(H,46,52,55);1-2,10,18-19,23H,3-9,11-16H2,(H,24,28,30);6,8,10-14H,4-5,7,9H2,1-3H3. The molecule has 0 unspecified atom stereocenters. The van der Waals surface area contributed by atoms with Crippen molar-refractivity contribution in [3.63, 3.8) is 0 Å². The number of fused-ring (bicyclic) bond motifs is 2. The molecule has 29 heteroatoms. The van der Waals surface area contributed by atoms with Crippen LogP contribution in [0.5, 0.6) is 23.0 Å². The number of piperidine rings is 4. The molecule has 0 spiro atoms. The summed E-state index contributed by atoms with van der Waals surface area (Å²) >= 11 is 0. The van der Waals surface area contributed by atoms with Gasteiger partial charge in [-0.2, -0.15) is 0 Å². The van der Waals surface area contributed by atoms with Crippen molar-refractivity contribution in [2.45, 2.75) is 180 Å². The highest BCUT2D eigenvalue weighted by Crippen LogP contribution is 2.41. The van der Waals surface area contributed by atoms with Gasteiger partial charge in [-0.25, -0.2) is 9.59 Å². The number of imide groups is 2. The number of ether oxygens (including phenoxy) is 6. The summed E-state index contributed by atoms with van der Waals surface area (Å²) in [5.74, 6) is 2.23. The van der Waals surface area contributed by atoms with Crippen molar-refractivity contribution in [1.82, 2.24) is 68.7 Å². The third-order valence-corrected chi connectivity index (χ3v) is 23.2. The van der Waals surface area contributed by atoms with Gasteiger partial charge in [0.25, 0.3) is 22.2 Å². The summed E-state index contributed by atoms with van der Waals surface area (Å²) in [6.45, 7) is 18.2. The number of pyridine rings is 6. The number of carbonyl (C=O) groups is 5. The van der Waals surface area contributed by atoms with Gasteiger partial charge in [0.1, 0.15) is 29.3 Å². The number of likely N-dealkylation sites (tertiary alicyclic amines) is 3. The second kappa shape index (κ2) is 42.1. The minimum absolute atomic E-state index is 0.0298. The molecule has 2 aromatic carbocycles. The maximum atomic E-state index is 13.3. The number of methoxy groups -OCH3 is 4. The summed E-state index contributed by atoms with van der Waals surface area (Å²) in [6.07, 6.45) is 29.8. The van der Waals surface area contributed by atoms with Gasteiger partial charge in [-0.05, 0) is 149 Å². The zero-order valence-electron chi connectivity index (χ0n) is 68.6. The molecule has 12 heterocycles. The van der Waals surface area contributed by atoms with Gasteiger partial charge < -0.3 is 81.3 Å². The van der Waals surface area contributed by atoms with Crippen molar-refractivity contribution in [3.05, 3.63) is 174 Å². The molecule has 6 aromatic heterocycles. The van der Waals surface area contributed by atoms with Crippen LogP contribution in [0.3, 0.4) is 0 Å². The number of carbonyl (C=O) groups excluding carboxylic acids is 5. The smallest absolute Gasteiger partial charge is 0.324 e. The lowest BCUT2D eigenvalue weighted by atomic mass is 9.97. The normalized spacial score (nSPS) is 17.1. The lowest BCUT2D eigenvalue weighted by Gasteiger charge is -2.37. The second-order valence-electron chi connectivity index (χ2n) is 30.9. The largest absolute Gasteiger partial charge is 0.496 e. The first-order chi connectivity index (χ1) is 57.0. The molecule has 6 aliphatic rings. The molecule has 0 bridgehead atoms. The fourth-order valence-corrected chi connectivity index (χ4v) is 16.4. The monoisotopic (exact) mass is 1610 g/mol. The Bertz CT molecular complexity index is 4990. The van der Waals surface area contributed by atoms with E-state index >= 15 is 0 Å². The van der Waals surface area contributed by atoms with E-state index in [4.69, 9.17) is 28.4 Å². The number of rotatable bonds is 31. The molecule has 6 aliphatic heterocycles. The van der Waals surface area contributed by atoms with E-state index in [1.807, 2.05) is 54.9 Å². The van der Waals surface area contributed by atoms with Crippen LogP contribution in [0.2, 0.25) is 0 Å². The molecular weight excluding hydrogens is 1490 g/mol. The highest BCUT2D eigenvalue weighted by Gasteiger charge is 2.31. The fourth-order valence-electron chi connectivity index (χ4n) is 16.4. The molecule has 626 valence electrons. The summed E-state index contributed by atoms with van der Waals surface area (Å²) in [5.41, 5.74) is 6.17. The summed E-state index contributed by atoms with van der Waals surface area (Å²) in [4.78, 5) is 129. The van der Waals surface area contributed by atoms with Crippen LogP contribution in [-0.4, -0.2) is 221 Å². The van der Waals surface area contributed by atoms with Crippen LogP contribution in [0.25, 0.3) is 43.8 Å². The summed E-state index contributed by atoms with van der Waals surface area (Å²) < 4.78 is 42.9. The van der Waals surface area contributed by atoms with E-state index < -0.39 is 12.1 Å². The van der Waals surface area contributed by atoms with Gasteiger partial charge in [-0.15, -0.1) is 0 Å². The number of benzene rings is 2. The van der Waals surface area contributed by atoms with Crippen LogP contribution < -0.4 is 57.1 Å². The van der Waals surface area contributed by atoms with E-state index in [0.29, 0.717) is 84.9 Å². The maximum absolute atomic E-state index is 13.3. The average Bonchev–Trinajstić information content (AvgIpc) is 0.764. The first-order valence-corrected chi connectivity index (χ1v) is 41.6. The van der Waals surface area contributed by atoms with Gasteiger partial charge in [0.05, 0.1) is 76.7 Å². The van der Waals surface area contributed by atoms with E-state index in [1.54, 1.807) is 96.0 Å². The molecule has 3 N–H and O–H groups in total. The predicted molar refractivity (Wildman–Crippen MR) is 447 cm³/mol. The molecule has 0 radical (unpaired) electrons. The Morgan fingerprint density at radius 3 is 1.25 bits per heavy atom. The SMILES string of the molecule is CCCCn1cc(-c2cc(OC)c(CC=O)cc2OC)c2ccncc2c1=O.CCCCn1cc(-c2cc(OC)c(CCN3CCC(OC4CCN(CCn5cccc(CN6CCC(=O)NC6=O)c5=O)CC4)CC3)cc2OC)c2ccncc2c1=O.O=C1CCN(Cc2cccn(CCN3CCC(OC4CCNCC4)CC3)c2=O)C(=O)N1. The van der Waals surface area contributed by atoms with E-state index in [-0.39, 0.29) is 78.6 Å². The molecule has 0 saturated carbocycles. The second-order valence-corrected chi connectivity index (χ2v) is 30.9. The van der Waals surface area contributed by atoms with Crippen LogP contribution in [-0.2, 0) is 76.0 Å². The summed E-state index contributed by atoms with van der Waals surface area (Å²) in [7, 11) is 6.56. The number of unbranched alkanes of at least 4 members (excludes halogenated alkanes) is 2. The number of amides is 6. The number of aromatic nitrogens is 6. The first-order valence-electron chi connectivity index (χ1n) is 41.6. The van der Waals surface area contributed by atoms with Crippen molar-refractivity contribution < 1.29 is 52.4 Å². The van der Waals surface area contributed by atoms with Crippen LogP contribution in [0.4, 0.5) is 9.59 Å². The number of nitrogens with zero attached hydrogens (tertiary/aromatic N) is 11. The van der Waals surface area contributed by atoms with E-state index in [1.165, 1.54) is 9.80 Å². The van der Waals surface area contributed by atoms with Crippen LogP contribution in [0.15, 0.2) is 129 Å². The predicted octanol–water partition coefficient (Wildman–Crippen LogP) is 8.82. The number of aldehydes is 1. The quantitative estimate of drug-likeness (QED) is 0.0342. The average molecular weight is 1610 g/mol. The summed E-state index contributed by atoms with van der Waals surface area (Å²) in [6, 6.07) is 17.9. The Balaban J connectivity index is 0.000000179. The minimum Gasteiger partial charge on any atom is -0.496 e. The molecular formula is C88H114N14O15. The third-order valence-electron chi connectivity index (χ3n) is 23.2. The molecule has 6 amide bonds. The zero-order valence-corrected chi connectivity index (χ0v) is 68.6. The number of hydrogen-bond donors (Lipinski definition) is 3. The highest BCUT2D eigenvalue weighted by atomic mass is 16.5. The highest BCUT2D eigenvalue weighted by molar-refractivity contribution is 5.99. The zero-order chi connectivity index (χ0) is 82.3. The van der Waals surface area contributed by atoms with Gasteiger partial charge in [0, 0.05) is 206 Å². The number of nitrogens with one attached hydrogen (secondary N) is 3. The molecule has 0 atom stereocenters. The van der Waals surface area contributed by atoms with Crippen LogP contribution in [0, 0.1) is 0 Å². The molecule has 29 nitrogen and oxygen atoms in total. The molecule has 117 heavy (non-hydrogen) atoms. The fraction of sp³-hybridized carbons (Fsp3) is 0.511. The van der Waals surface area contributed by atoms with Crippen molar-refractivity contribution in [1.29, 1.82) is 0 Å². The van der Waals surface area contributed by atoms with Crippen molar-refractivity contribution in [3.8, 4) is 45.3 Å². The Labute approximate surface area is 682 Å². The lowest BCUT2D eigenvalue weighted by molar-refractivity contribution is -0.122. The Morgan fingerprint density at radius 1 is 0.427 bits per heavy atom. The first kappa shape index (κ1) is 85.9. The molecule has 8 aromatic rings. The van der Waals surface area contributed by atoms with Gasteiger partial charge in [0.2, 0.25) is 11.8 Å². The third kappa shape index (κ3) is 22.3. The lowest BCUT2D eigenvalue weighted by Crippen LogP contribution is -2.49. The summed E-state index contributed by atoms with van der Waals surface area (Å²) in [5, 5.41) is 10.8. The molecule has 6 saturated heterocycles. The van der Waals surface area contributed by atoms with E-state index in [2.05, 4.69) is 60.5 Å².